The average molecular weight is 181 g/mol. The predicted octanol–water partition coefficient (Wildman–Crippen LogP) is 2.92. The molecule has 1 aromatic rings. The van der Waals surface area contributed by atoms with E-state index in [1.54, 1.807) is 13.0 Å². The van der Waals surface area contributed by atoms with E-state index in [-0.39, 0.29) is 5.56 Å². The predicted molar refractivity (Wildman–Crippen MR) is 45.4 cm³/mol. The topological polar surface area (TPSA) is 23.8 Å². The highest BCUT2D eigenvalue weighted by Crippen LogP contribution is 2.27. The summed E-state index contributed by atoms with van der Waals surface area (Å²) in [5.41, 5.74) is 1.48. The second-order valence-electron chi connectivity index (χ2n) is 2.99. The van der Waals surface area contributed by atoms with Crippen LogP contribution in [0.3, 0.4) is 0 Å². The maximum absolute atomic E-state index is 12.8. The number of hydrogen-bond acceptors (Lipinski definition) is 1. The van der Waals surface area contributed by atoms with Crippen molar-refractivity contribution in [1.82, 2.24) is 0 Å². The van der Waals surface area contributed by atoms with E-state index in [1.807, 2.05) is 6.92 Å². The number of nitriles is 1. The van der Waals surface area contributed by atoms with E-state index in [9.17, 15) is 8.78 Å². The molecule has 13 heavy (non-hydrogen) atoms. The quantitative estimate of drug-likeness (QED) is 0.653. The summed E-state index contributed by atoms with van der Waals surface area (Å²) in [4.78, 5) is 0. The van der Waals surface area contributed by atoms with Crippen LogP contribution in [-0.2, 0) is 5.92 Å². The Morgan fingerprint density at radius 3 is 2.31 bits per heavy atom. The minimum absolute atomic E-state index is 0.238. The Morgan fingerprint density at radius 1 is 1.23 bits per heavy atom. The van der Waals surface area contributed by atoms with Gasteiger partial charge < -0.3 is 0 Å². The zero-order valence-electron chi connectivity index (χ0n) is 7.44. The fourth-order valence-corrected chi connectivity index (χ4v) is 1.00. The first-order valence-corrected chi connectivity index (χ1v) is 3.84. The van der Waals surface area contributed by atoms with Crippen LogP contribution in [0, 0.1) is 25.2 Å². The molecule has 1 nitrogen and oxygen atoms in total. The van der Waals surface area contributed by atoms with Crippen molar-refractivity contribution >= 4 is 0 Å². The van der Waals surface area contributed by atoms with Gasteiger partial charge in [-0.05, 0) is 31.0 Å². The average Bonchev–Trinajstić information content (AvgIpc) is 2.09. The van der Waals surface area contributed by atoms with Gasteiger partial charge in [0.25, 0.3) is 0 Å². The molecule has 3 heteroatoms. The summed E-state index contributed by atoms with van der Waals surface area (Å²) in [5, 5.41) is 8.21. The minimum Gasteiger partial charge on any atom is -0.191 e. The van der Waals surface area contributed by atoms with Gasteiger partial charge in [0.05, 0.1) is 0 Å². The van der Waals surface area contributed by atoms with Gasteiger partial charge in [-0.1, -0.05) is 12.1 Å². The molecule has 68 valence electrons. The molecule has 0 aliphatic rings. The van der Waals surface area contributed by atoms with E-state index in [1.165, 1.54) is 12.1 Å². The number of alkyl halides is 2. The number of halogens is 2. The van der Waals surface area contributed by atoms with Gasteiger partial charge in [0.15, 0.2) is 0 Å². The fraction of sp³-hybridized carbons (Fsp3) is 0.300. The largest absolute Gasteiger partial charge is 0.357 e. The molecule has 0 bridgehead atoms. The van der Waals surface area contributed by atoms with Gasteiger partial charge in [-0.15, -0.1) is 0 Å². The summed E-state index contributed by atoms with van der Waals surface area (Å²) in [7, 11) is 0. The lowest BCUT2D eigenvalue weighted by atomic mass is 10.0. The molecule has 0 fully saturated rings. The summed E-state index contributed by atoms with van der Waals surface area (Å²) in [6, 6.07) is 5.19. The third-order valence-corrected chi connectivity index (χ3v) is 2.01. The van der Waals surface area contributed by atoms with Crippen molar-refractivity contribution < 1.29 is 8.78 Å². The van der Waals surface area contributed by atoms with Crippen molar-refractivity contribution in [3.63, 3.8) is 0 Å². The first-order valence-electron chi connectivity index (χ1n) is 3.84. The Hall–Kier alpha value is -1.43. The summed E-state index contributed by atoms with van der Waals surface area (Å²) >= 11 is 0. The second kappa shape index (κ2) is 3.14. The van der Waals surface area contributed by atoms with E-state index in [4.69, 9.17) is 5.26 Å². The first-order chi connectivity index (χ1) is 5.97. The highest BCUT2D eigenvalue weighted by molar-refractivity contribution is 5.34. The smallest absolute Gasteiger partial charge is 0.191 e. The molecule has 0 heterocycles. The van der Waals surface area contributed by atoms with Gasteiger partial charge in [-0.2, -0.15) is 14.0 Å². The van der Waals surface area contributed by atoms with Gasteiger partial charge in [0.1, 0.15) is 6.07 Å². The van der Waals surface area contributed by atoms with Crippen LogP contribution in [0.2, 0.25) is 0 Å². The van der Waals surface area contributed by atoms with Crippen molar-refractivity contribution in [3.8, 4) is 6.07 Å². The summed E-state index contributed by atoms with van der Waals surface area (Å²) < 4.78 is 25.7. The van der Waals surface area contributed by atoms with Crippen LogP contribution < -0.4 is 0 Å². The Labute approximate surface area is 75.6 Å². The zero-order chi connectivity index (χ0) is 10.1. The lowest BCUT2D eigenvalue weighted by Gasteiger charge is -2.09. The summed E-state index contributed by atoms with van der Waals surface area (Å²) in [6.45, 7) is 3.58. The first kappa shape index (κ1) is 9.66. The summed E-state index contributed by atoms with van der Waals surface area (Å²) in [6.07, 6.45) is 0. The van der Waals surface area contributed by atoms with E-state index < -0.39 is 5.92 Å². The standard InChI is InChI=1S/C10H9F2N/c1-7-3-4-9(5-8(7)2)10(11,12)6-13/h3-5H,1-2H3. The number of benzene rings is 1. The van der Waals surface area contributed by atoms with Crippen molar-refractivity contribution in [2.24, 2.45) is 0 Å². The molecule has 0 saturated carbocycles. The van der Waals surface area contributed by atoms with Crippen molar-refractivity contribution in [3.05, 3.63) is 34.9 Å². The monoisotopic (exact) mass is 181 g/mol. The highest BCUT2D eigenvalue weighted by atomic mass is 19.3. The molecule has 0 spiro atoms. The Morgan fingerprint density at radius 2 is 1.85 bits per heavy atom. The fourth-order valence-electron chi connectivity index (χ4n) is 1.00. The van der Waals surface area contributed by atoms with Crippen LogP contribution in [0.25, 0.3) is 0 Å². The third-order valence-electron chi connectivity index (χ3n) is 2.01. The van der Waals surface area contributed by atoms with Crippen LogP contribution in [0.1, 0.15) is 16.7 Å². The molecule has 0 atom stereocenters. The maximum atomic E-state index is 12.8. The van der Waals surface area contributed by atoms with E-state index in [0.717, 1.165) is 17.2 Å². The summed E-state index contributed by atoms with van der Waals surface area (Å²) in [5.74, 6) is -3.38. The minimum atomic E-state index is -3.38. The molecular formula is C10H9F2N. The maximum Gasteiger partial charge on any atom is 0.357 e. The van der Waals surface area contributed by atoms with Gasteiger partial charge in [-0.25, -0.2) is 0 Å². The highest BCUT2D eigenvalue weighted by Gasteiger charge is 2.30. The molecule has 1 rings (SSSR count). The molecule has 0 aromatic heterocycles. The zero-order valence-corrected chi connectivity index (χ0v) is 7.44. The lowest BCUT2D eigenvalue weighted by molar-refractivity contribution is 0.0612. The molecule has 0 saturated heterocycles. The van der Waals surface area contributed by atoms with Crippen molar-refractivity contribution in [2.45, 2.75) is 19.8 Å². The van der Waals surface area contributed by atoms with Gasteiger partial charge >= 0.3 is 5.92 Å². The molecule has 0 radical (unpaired) electrons. The number of rotatable bonds is 1. The normalized spacial score (nSPS) is 11.0. The van der Waals surface area contributed by atoms with Crippen molar-refractivity contribution in [1.29, 1.82) is 5.26 Å². The molecule has 0 amide bonds. The van der Waals surface area contributed by atoms with Crippen LogP contribution in [0.4, 0.5) is 8.78 Å². The second-order valence-corrected chi connectivity index (χ2v) is 2.99. The lowest BCUT2D eigenvalue weighted by Crippen LogP contribution is -2.09. The number of hydrogen-bond donors (Lipinski definition) is 0. The Balaban J connectivity index is 3.20. The third kappa shape index (κ3) is 1.83. The molecule has 1 aromatic carbocycles. The van der Waals surface area contributed by atoms with Gasteiger partial charge in [0, 0.05) is 5.56 Å². The Bertz CT molecular complexity index is 364. The van der Waals surface area contributed by atoms with Gasteiger partial charge in [-0.3, -0.25) is 0 Å². The van der Waals surface area contributed by atoms with Crippen LogP contribution in [0.15, 0.2) is 18.2 Å². The van der Waals surface area contributed by atoms with Crippen LogP contribution >= 0.6 is 0 Å². The van der Waals surface area contributed by atoms with E-state index >= 15 is 0 Å². The van der Waals surface area contributed by atoms with Crippen LogP contribution in [-0.4, -0.2) is 0 Å². The molecule has 0 aliphatic carbocycles. The Kier molecular flexibility index (Phi) is 2.33. The SMILES string of the molecule is Cc1ccc(C(F)(F)C#N)cc1C. The van der Waals surface area contributed by atoms with E-state index in [2.05, 4.69) is 0 Å². The van der Waals surface area contributed by atoms with Crippen molar-refractivity contribution in [2.75, 3.05) is 0 Å². The number of aryl methyl sites for hydroxylation is 2. The number of nitrogens with zero attached hydrogens (tertiary/aromatic N) is 1. The van der Waals surface area contributed by atoms with Gasteiger partial charge in [0.2, 0.25) is 0 Å². The molecular weight excluding hydrogens is 172 g/mol. The van der Waals surface area contributed by atoms with E-state index in [0.29, 0.717) is 0 Å². The molecule has 0 N–H and O–H groups in total. The molecule has 0 aliphatic heterocycles. The van der Waals surface area contributed by atoms with Crippen LogP contribution in [0.5, 0.6) is 0 Å². The molecule has 0 unspecified atom stereocenters.